The van der Waals surface area contributed by atoms with E-state index in [1.165, 1.54) is 89.9 Å². The molecule has 0 unspecified atom stereocenters. The van der Waals surface area contributed by atoms with Crippen LogP contribution in [0.4, 0.5) is 0 Å². The molecule has 31 heavy (non-hydrogen) atoms. The van der Waals surface area contributed by atoms with E-state index in [1.807, 2.05) is 0 Å². The molecule has 0 bridgehead atoms. The fourth-order valence-electron chi connectivity index (χ4n) is 3.93. The van der Waals surface area contributed by atoms with Crippen molar-refractivity contribution in [3.05, 3.63) is 35.4 Å². The first-order valence-electron chi connectivity index (χ1n) is 12.7. The standard InChI is InChI=1S/C27H45NO3/c1-2-3-4-5-6-7-8-9-10-11-12-13-14-15-16-17-22-28-27(31)25-20-18-24(19-21-25)23-26(29)30/h18-21H,2-17,22-23H2,1H3,(H,28,31)(H,29,30). The third kappa shape index (κ3) is 15.6. The van der Waals surface area contributed by atoms with Crippen LogP contribution >= 0.6 is 0 Å². The Morgan fingerprint density at radius 3 is 1.52 bits per heavy atom. The van der Waals surface area contributed by atoms with Crippen molar-refractivity contribution >= 4 is 11.9 Å². The normalized spacial score (nSPS) is 10.9. The van der Waals surface area contributed by atoms with E-state index in [2.05, 4.69) is 12.2 Å². The number of carboxylic acids is 1. The Bertz CT molecular complexity index is 583. The van der Waals surface area contributed by atoms with Gasteiger partial charge in [-0.1, -0.05) is 115 Å². The fourth-order valence-corrected chi connectivity index (χ4v) is 3.93. The molecule has 0 heterocycles. The van der Waals surface area contributed by atoms with Crippen LogP contribution in [0.15, 0.2) is 24.3 Å². The van der Waals surface area contributed by atoms with Gasteiger partial charge in [-0.25, -0.2) is 0 Å². The lowest BCUT2D eigenvalue weighted by Gasteiger charge is -2.06. The third-order valence-corrected chi connectivity index (χ3v) is 5.89. The number of rotatable bonds is 20. The van der Waals surface area contributed by atoms with Crippen molar-refractivity contribution in [2.24, 2.45) is 0 Å². The van der Waals surface area contributed by atoms with Crippen LogP contribution in [0.2, 0.25) is 0 Å². The SMILES string of the molecule is CCCCCCCCCCCCCCCCCCNC(=O)c1ccc(CC(=O)O)cc1. The van der Waals surface area contributed by atoms with Gasteiger partial charge in [-0.3, -0.25) is 9.59 Å². The Labute approximate surface area is 190 Å². The summed E-state index contributed by atoms with van der Waals surface area (Å²) >= 11 is 0. The van der Waals surface area contributed by atoms with E-state index >= 15 is 0 Å². The summed E-state index contributed by atoms with van der Waals surface area (Å²) in [5.41, 5.74) is 1.30. The lowest BCUT2D eigenvalue weighted by Crippen LogP contribution is -2.24. The van der Waals surface area contributed by atoms with Crippen LogP contribution in [0.3, 0.4) is 0 Å². The van der Waals surface area contributed by atoms with E-state index in [-0.39, 0.29) is 12.3 Å². The molecule has 1 aromatic carbocycles. The van der Waals surface area contributed by atoms with Crippen LogP contribution in [0.5, 0.6) is 0 Å². The summed E-state index contributed by atoms with van der Waals surface area (Å²) in [6, 6.07) is 6.80. The zero-order valence-electron chi connectivity index (χ0n) is 19.8. The van der Waals surface area contributed by atoms with Crippen LogP contribution in [0, 0.1) is 0 Å². The second-order valence-electron chi connectivity index (χ2n) is 8.83. The van der Waals surface area contributed by atoms with Gasteiger partial charge in [0.05, 0.1) is 6.42 Å². The molecule has 0 saturated heterocycles. The highest BCUT2D eigenvalue weighted by atomic mass is 16.4. The highest BCUT2D eigenvalue weighted by Crippen LogP contribution is 2.13. The average molecular weight is 432 g/mol. The lowest BCUT2D eigenvalue weighted by molar-refractivity contribution is -0.136. The number of nitrogens with one attached hydrogen (secondary N) is 1. The van der Waals surface area contributed by atoms with Crippen molar-refractivity contribution < 1.29 is 14.7 Å². The van der Waals surface area contributed by atoms with E-state index in [0.717, 1.165) is 12.8 Å². The first-order valence-corrected chi connectivity index (χ1v) is 12.7. The van der Waals surface area contributed by atoms with E-state index in [0.29, 0.717) is 17.7 Å². The smallest absolute Gasteiger partial charge is 0.307 e. The maximum atomic E-state index is 12.1. The Kier molecular flexibility index (Phi) is 16.6. The van der Waals surface area contributed by atoms with Crippen molar-refractivity contribution in [1.82, 2.24) is 5.32 Å². The van der Waals surface area contributed by atoms with E-state index in [4.69, 9.17) is 5.11 Å². The summed E-state index contributed by atoms with van der Waals surface area (Å²) in [6.45, 7) is 2.98. The largest absolute Gasteiger partial charge is 0.481 e. The summed E-state index contributed by atoms with van der Waals surface area (Å²) in [5, 5.41) is 11.7. The van der Waals surface area contributed by atoms with Crippen molar-refractivity contribution in [3.8, 4) is 0 Å². The molecule has 0 aliphatic heterocycles. The van der Waals surface area contributed by atoms with E-state index in [1.54, 1.807) is 24.3 Å². The summed E-state index contributed by atoms with van der Waals surface area (Å²) in [7, 11) is 0. The Morgan fingerprint density at radius 2 is 1.10 bits per heavy atom. The maximum Gasteiger partial charge on any atom is 0.307 e. The minimum absolute atomic E-state index is 0.0128. The molecule has 0 aliphatic rings. The molecular formula is C27H45NO3. The minimum Gasteiger partial charge on any atom is -0.481 e. The molecule has 1 amide bonds. The van der Waals surface area contributed by atoms with E-state index < -0.39 is 5.97 Å². The summed E-state index contributed by atoms with van der Waals surface area (Å²) < 4.78 is 0. The molecule has 0 aromatic heterocycles. The van der Waals surface area contributed by atoms with Crippen molar-refractivity contribution in [2.75, 3.05) is 6.54 Å². The molecule has 1 rings (SSSR count). The monoisotopic (exact) mass is 431 g/mol. The molecule has 0 spiro atoms. The van der Waals surface area contributed by atoms with Gasteiger partial charge in [0.1, 0.15) is 0 Å². The number of unbranched alkanes of at least 4 members (excludes halogenated alkanes) is 15. The number of benzene rings is 1. The second kappa shape index (κ2) is 18.9. The van der Waals surface area contributed by atoms with E-state index in [9.17, 15) is 9.59 Å². The van der Waals surface area contributed by atoms with Gasteiger partial charge < -0.3 is 10.4 Å². The van der Waals surface area contributed by atoms with Crippen LogP contribution in [-0.4, -0.2) is 23.5 Å². The quantitative estimate of drug-likeness (QED) is 0.213. The molecule has 0 radical (unpaired) electrons. The third-order valence-electron chi connectivity index (χ3n) is 5.89. The lowest BCUT2D eigenvalue weighted by atomic mass is 10.0. The topological polar surface area (TPSA) is 66.4 Å². The molecular weight excluding hydrogens is 386 g/mol. The number of hydrogen-bond acceptors (Lipinski definition) is 2. The summed E-state index contributed by atoms with van der Waals surface area (Å²) in [6.07, 6.45) is 21.5. The Morgan fingerprint density at radius 1 is 0.677 bits per heavy atom. The van der Waals surface area contributed by atoms with Crippen molar-refractivity contribution in [3.63, 3.8) is 0 Å². The van der Waals surface area contributed by atoms with Crippen LogP contribution in [0.25, 0.3) is 0 Å². The highest BCUT2D eigenvalue weighted by molar-refractivity contribution is 5.94. The number of amides is 1. The molecule has 176 valence electrons. The number of carboxylic acid groups (broad SMARTS) is 1. The zero-order chi connectivity index (χ0) is 22.6. The second-order valence-corrected chi connectivity index (χ2v) is 8.83. The van der Waals surface area contributed by atoms with Gasteiger partial charge in [0.15, 0.2) is 0 Å². The number of hydrogen-bond donors (Lipinski definition) is 2. The van der Waals surface area contributed by atoms with Crippen LogP contribution in [-0.2, 0) is 11.2 Å². The molecule has 0 fully saturated rings. The van der Waals surface area contributed by atoms with Crippen LogP contribution < -0.4 is 5.32 Å². The number of carbonyl (C=O) groups is 2. The van der Waals surface area contributed by atoms with Crippen LogP contribution in [0.1, 0.15) is 126 Å². The highest BCUT2D eigenvalue weighted by Gasteiger charge is 2.06. The Balaban J connectivity index is 1.87. The van der Waals surface area contributed by atoms with Gasteiger partial charge in [0.25, 0.3) is 5.91 Å². The van der Waals surface area contributed by atoms with Gasteiger partial charge in [0, 0.05) is 12.1 Å². The predicted molar refractivity (Wildman–Crippen MR) is 130 cm³/mol. The first-order chi connectivity index (χ1) is 15.1. The zero-order valence-corrected chi connectivity index (χ0v) is 19.8. The number of carbonyl (C=O) groups excluding carboxylic acids is 1. The van der Waals surface area contributed by atoms with Gasteiger partial charge >= 0.3 is 5.97 Å². The van der Waals surface area contributed by atoms with Gasteiger partial charge in [0.2, 0.25) is 0 Å². The molecule has 4 nitrogen and oxygen atoms in total. The van der Waals surface area contributed by atoms with Crippen molar-refractivity contribution in [2.45, 2.75) is 116 Å². The first kappa shape index (κ1) is 27.2. The molecule has 2 N–H and O–H groups in total. The number of aliphatic carboxylic acids is 1. The van der Waals surface area contributed by atoms with Crippen molar-refractivity contribution in [1.29, 1.82) is 0 Å². The van der Waals surface area contributed by atoms with Gasteiger partial charge in [-0.05, 0) is 24.1 Å². The molecule has 1 aromatic rings. The molecule has 4 heteroatoms. The van der Waals surface area contributed by atoms with Gasteiger partial charge in [-0.2, -0.15) is 0 Å². The van der Waals surface area contributed by atoms with Gasteiger partial charge in [-0.15, -0.1) is 0 Å². The average Bonchev–Trinajstić information content (AvgIpc) is 2.76. The maximum absolute atomic E-state index is 12.1. The predicted octanol–water partition coefficient (Wildman–Crippen LogP) is 7.31. The summed E-state index contributed by atoms with van der Waals surface area (Å²) in [5.74, 6) is -0.941. The molecule has 0 saturated carbocycles. The molecule has 0 aliphatic carbocycles. The summed E-state index contributed by atoms with van der Waals surface area (Å²) in [4.78, 5) is 22.8. The minimum atomic E-state index is -0.860. The Hall–Kier alpha value is -1.84. The fraction of sp³-hybridized carbons (Fsp3) is 0.704. The molecule has 0 atom stereocenters.